The maximum absolute atomic E-state index is 11.3. The van der Waals surface area contributed by atoms with E-state index in [2.05, 4.69) is 23.7 Å². The van der Waals surface area contributed by atoms with Crippen molar-refractivity contribution in [3.8, 4) is 0 Å². The Labute approximate surface area is 98.6 Å². The van der Waals surface area contributed by atoms with Crippen molar-refractivity contribution < 1.29 is 9.53 Å². The van der Waals surface area contributed by atoms with Gasteiger partial charge < -0.3 is 15.0 Å². The van der Waals surface area contributed by atoms with E-state index in [0.717, 1.165) is 13.0 Å². The highest BCUT2D eigenvalue weighted by Gasteiger charge is 2.09. The van der Waals surface area contributed by atoms with E-state index in [0.29, 0.717) is 24.8 Å². The quantitative estimate of drug-likeness (QED) is 0.498. The number of hydrogen-bond donors (Lipinski definition) is 1. The van der Waals surface area contributed by atoms with Crippen LogP contribution in [0.4, 0.5) is 0 Å². The lowest BCUT2D eigenvalue weighted by Crippen LogP contribution is -2.32. The summed E-state index contributed by atoms with van der Waals surface area (Å²) in [5, 5.41) is 3.25. The molecular formula is C12H24N2O2. The molecule has 0 aliphatic heterocycles. The SMILES string of the molecule is C=C(CNC(C)CCN(C)C)C(=O)OCC. The first-order chi connectivity index (χ1) is 7.47. The number of rotatable bonds is 8. The van der Waals surface area contributed by atoms with E-state index >= 15 is 0 Å². The molecule has 0 saturated carbocycles. The van der Waals surface area contributed by atoms with Crippen LogP contribution in [0.15, 0.2) is 12.2 Å². The summed E-state index contributed by atoms with van der Waals surface area (Å²) in [5.41, 5.74) is 0.485. The zero-order valence-electron chi connectivity index (χ0n) is 10.9. The summed E-state index contributed by atoms with van der Waals surface area (Å²) < 4.78 is 4.85. The molecule has 1 N–H and O–H groups in total. The molecule has 0 rings (SSSR count). The van der Waals surface area contributed by atoms with Crippen LogP contribution < -0.4 is 5.32 Å². The normalized spacial score (nSPS) is 12.6. The van der Waals surface area contributed by atoms with Crippen LogP contribution in [0.3, 0.4) is 0 Å². The lowest BCUT2D eigenvalue weighted by molar-refractivity contribution is -0.138. The summed E-state index contributed by atoms with van der Waals surface area (Å²) in [7, 11) is 4.09. The number of esters is 1. The van der Waals surface area contributed by atoms with Gasteiger partial charge in [-0.25, -0.2) is 4.79 Å². The molecular weight excluding hydrogens is 204 g/mol. The Morgan fingerprint density at radius 2 is 2.12 bits per heavy atom. The third-order valence-corrected chi connectivity index (χ3v) is 2.24. The minimum Gasteiger partial charge on any atom is -0.463 e. The number of carbonyl (C=O) groups is 1. The van der Waals surface area contributed by atoms with Crippen LogP contribution >= 0.6 is 0 Å². The molecule has 0 aliphatic rings. The first-order valence-electron chi connectivity index (χ1n) is 5.70. The number of hydrogen-bond acceptors (Lipinski definition) is 4. The van der Waals surface area contributed by atoms with Gasteiger partial charge in [0.15, 0.2) is 0 Å². The van der Waals surface area contributed by atoms with Gasteiger partial charge in [0.05, 0.1) is 6.61 Å². The third kappa shape index (κ3) is 7.43. The number of nitrogens with one attached hydrogen (secondary N) is 1. The Morgan fingerprint density at radius 3 is 2.62 bits per heavy atom. The third-order valence-electron chi connectivity index (χ3n) is 2.24. The molecule has 16 heavy (non-hydrogen) atoms. The zero-order chi connectivity index (χ0) is 12.6. The van der Waals surface area contributed by atoms with Crippen molar-refractivity contribution >= 4 is 5.97 Å². The van der Waals surface area contributed by atoms with Gasteiger partial charge in [0, 0.05) is 18.2 Å². The van der Waals surface area contributed by atoms with Gasteiger partial charge >= 0.3 is 5.97 Å². The highest BCUT2D eigenvalue weighted by atomic mass is 16.5. The van der Waals surface area contributed by atoms with E-state index in [1.54, 1.807) is 6.92 Å². The molecule has 0 bridgehead atoms. The molecule has 0 saturated heterocycles. The Morgan fingerprint density at radius 1 is 1.50 bits per heavy atom. The van der Waals surface area contributed by atoms with E-state index in [-0.39, 0.29) is 5.97 Å². The molecule has 94 valence electrons. The minimum absolute atomic E-state index is 0.310. The zero-order valence-corrected chi connectivity index (χ0v) is 10.9. The summed E-state index contributed by atoms with van der Waals surface area (Å²) in [6.07, 6.45) is 1.04. The van der Waals surface area contributed by atoms with E-state index < -0.39 is 0 Å². The maximum Gasteiger partial charge on any atom is 0.334 e. The van der Waals surface area contributed by atoms with Crippen LogP contribution in [0.5, 0.6) is 0 Å². The smallest absolute Gasteiger partial charge is 0.334 e. The van der Waals surface area contributed by atoms with Gasteiger partial charge in [0.1, 0.15) is 0 Å². The second-order valence-electron chi connectivity index (χ2n) is 4.20. The van der Waals surface area contributed by atoms with Crippen molar-refractivity contribution in [3.05, 3.63) is 12.2 Å². The number of ether oxygens (including phenoxy) is 1. The Bertz CT molecular complexity index is 227. The molecule has 1 atom stereocenters. The maximum atomic E-state index is 11.3. The van der Waals surface area contributed by atoms with Gasteiger partial charge in [-0.15, -0.1) is 0 Å². The molecule has 0 aromatic carbocycles. The molecule has 4 nitrogen and oxygen atoms in total. The summed E-state index contributed by atoms with van der Waals surface area (Å²) >= 11 is 0. The highest BCUT2D eigenvalue weighted by molar-refractivity contribution is 5.88. The van der Waals surface area contributed by atoms with Gasteiger partial charge in [0.25, 0.3) is 0 Å². The van der Waals surface area contributed by atoms with E-state index in [1.165, 1.54) is 0 Å². The van der Waals surface area contributed by atoms with Gasteiger partial charge in [-0.1, -0.05) is 6.58 Å². The standard InChI is InChI=1S/C12H24N2O2/c1-6-16-12(15)10(2)9-13-11(3)7-8-14(4)5/h11,13H,2,6-9H2,1,3-5H3. The fraction of sp³-hybridized carbons (Fsp3) is 0.750. The molecule has 0 fully saturated rings. The minimum atomic E-state index is -0.310. The van der Waals surface area contributed by atoms with Gasteiger partial charge in [-0.2, -0.15) is 0 Å². The van der Waals surface area contributed by atoms with Crippen LogP contribution in [0.1, 0.15) is 20.3 Å². The fourth-order valence-corrected chi connectivity index (χ4v) is 1.16. The summed E-state index contributed by atoms with van der Waals surface area (Å²) in [5.74, 6) is -0.310. The van der Waals surface area contributed by atoms with Gasteiger partial charge in [-0.3, -0.25) is 0 Å². The Balaban J connectivity index is 3.70. The van der Waals surface area contributed by atoms with Gasteiger partial charge in [-0.05, 0) is 40.9 Å². The molecule has 0 aromatic rings. The molecule has 0 radical (unpaired) electrons. The van der Waals surface area contributed by atoms with Crippen molar-refractivity contribution in [1.82, 2.24) is 10.2 Å². The van der Waals surface area contributed by atoms with Crippen molar-refractivity contribution in [1.29, 1.82) is 0 Å². The summed E-state index contributed by atoms with van der Waals surface area (Å²) in [6.45, 7) is 9.50. The van der Waals surface area contributed by atoms with E-state index in [1.807, 2.05) is 14.1 Å². The molecule has 4 heteroatoms. The molecule has 0 spiro atoms. The predicted molar refractivity (Wildman–Crippen MR) is 66.4 cm³/mol. The molecule has 0 heterocycles. The van der Waals surface area contributed by atoms with Crippen LogP contribution in [0, 0.1) is 0 Å². The largest absolute Gasteiger partial charge is 0.463 e. The molecule has 1 unspecified atom stereocenters. The van der Waals surface area contributed by atoms with Crippen molar-refractivity contribution in [2.45, 2.75) is 26.3 Å². The highest BCUT2D eigenvalue weighted by Crippen LogP contribution is 1.96. The van der Waals surface area contributed by atoms with Crippen LogP contribution in [0.2, 0.25) is 0 Å². The second kappa shape index (κ2) is 8.30. The fourth-order valence-electron chi connectivity index (χ4n) is 1.16. The second-order valence-corrected chi connectivity index (χ2v) is 4.20. The van der Waals surface area contributed by atoms with E-state index in [9.17, 15) is 4.79 Å². The van der Waals surface area contributed by atoms with Gasteiger partial charge in [0.2, 0.25) is 0 Å². The van der Waals surface area contributed by atoms with Crippen LogP contribution in [0.25, 0.3) is 0 Å². The average molecular weight is 228 g/mol. The lowest BCUT2D eigenvalue weighted by atomic mass is 10.2. The molecule has 0 aliphatic carbocycles. The topological polar surface area (TPSA) is 41.6 Å². The van der Waals surface area contributed by atoms with Crippen molar-refractivity contribution in [2.24, 2.45) is 0 Å². The lowest BCUT2D eigenvalue weighted by Gasteiger charge is -2.17. The number of nitrogens with zero attached hydrogens (tertiary/aromatic N) is 1. The van der Waals surface area contributed by atoms with Crippen molar-refractivity contribution in [3.63, 3.8) is 0 Å². The Hall–Kier alpha value is -0.870. The summed E-state index contributed by atoms with van der Waals surface area (Å²) in [4.78, 5) is 13.4. The summed E-state index contributed by atoms with van der Waals surface area (Å²) in [6, 6.07) is 0.369. The van der Waals surface area contributed by atoms with Crippen LogP contribution in [-0.2, 0) is 9.53 Å². The average Bonchev–Trinajstić information content (AvgIpc) is 2.23. The monoisotopic (exact) mass is 228 g/mol. The van der Waals surface area contributed by atoms with Crippen molar-refractivity contribution in [2.75, 3.05) is 33.8 Å². The molecule has 0 aromatic heterocycles. The molecule has 0 amide bonds. The predicted octanol–water partition coefficient (Wildman–Crippen LogP) is 1.04. The number of carbonyl (C=O) groups excluding carboxylic acids is 1. The van der Waals surface area contributed by atoms with E-state index in [4.69, 9.17) is 4.74 Å². The first kappa shape index (κ1) is 15.1. The Kier molecular flexibility index (Phi) is 7.85. The first-order valence-corrected chi connectivity index (χ1v) is 5.70. The van der Waals surface area contributed by atoms with Crippen LogP contribution in [-0.4, -0.2) is 50.7 Å².